The van der Waals surface area contributed by atoms with Crippen LogP contribution in [-0.2, 0) is 11.3 Å². The van der Waals surface area contributed by atoms with Crippen molar-refractivity contribution in [2.75, 3.05) is 7.05 Å². The quantitative estimate of drug-likeness (QED) is 0.441. The number of rotatable bonds is 5. The number of hydrogen-bond donors (Lipinski definition) is 1. The molecule has 0 aliphatic heterocycles. The van der Waals surface area contributed by atoms with E-state index in [1.807, 2.05) is 59.3 Å². The minimum Gasteiger partial charge on any atom is -0.475 e. The van der Waals surface area contributed by atoms with Gasteiger partial charge in [0.25, 0.3) is 5.91 Å². The molecule has 0 bridgehead atoms. The molecule has 1 N–H and O–H groups in total. The average molecular weight is 487 g/mol. The summed E-state index contributed by atoms with van der Waals surface area (Å²) >= 11 is 0. The second kappa shape index (κ2) is 10.4. The Morgan fingerprint density at radius 1 is 1.09 bits per heavy atom. The molecule has 0 saturated heterocycles. The number of carbonyl (C=O) groups excluding carboxylic acids is 1. The molecular formula is C24H24F3N5O3. The highest BCUT2D eigenvalue weighted by atomic mass is 19.4. The number of halogens is 3. The Hall–Kier alpha value is -4.15. The fraction of sp³-hybridized carbons (Fsp3) is 0.250. The van der Waals surface area contributed by atoms with Crippen LogP contribution in [0.15, 0.2) is 67.3 Å². The number of aliphatic carboxylic acids is 1. The first-order valence-electron chi connectivity index (χ1n) is 10.6. The maximum absolute atomic E-state index is 13.1. The van der Waals surface area contributed by atoms with E-state index in [2.05, 4.69) is 29.6 Å². The number of aromatic nitrogens is 4. The van der Waals surface area contributed by atoms with Crippen molar-refractivity contribution in [3.05, 3.63) is 78.6 Å². The van der Waals surface area contributed by atoms with Crippen molar-refractivity contribution in [1.82, 2.24) is 23.8 Å². The van der Waals surface area contributed by atoms with Crippen molar-refractivity contribution in [3.63, 3.8) is 0 Å². The first-order valence-corrected chi connectivity index (χ1v) is 10.6. The first kappa shape index (κ1) is 25.5. The molecule has 4 heterocycles. The highest BCUT2D eigenvalue weighted by Crippen LogP contribution is 2.25. The molecular weight excluding hydrogens is 463 g/mol. The van der Waals surface area contributed by atoms with Crippen LogP contribution in [0.2, 0.25) is 0 Å². The van der Waals surface area contributed by atoms with Crippen LogP contribution in [0.1, 0.15) is 36.1 Å². The fourth-order valence-corrected chi connectivity index (χ4v) is 3.25. The largest absolute Gasteiger partial charge is 0.490 e. The van der Waals surface area contributed by atoms with Gasteiger partial charge in [0, 0.05) is 43.4 Å². The van der Waals surface area contributed by atoms with Gasteiger partial charge < -0.3 is 14.6 Å². The number of imidazole rings is 1. The minimum atomic E-state index is -5.08. The molecule has 0 fully saturated rings. The van der Waals surface area contributed by atoms with Gasteiger partial charge in [-0.15, -0.1) is 0 Å². The number of carboxylic acid groups (broad SMARTS) is 1. The molecule has 0 atom stereocenters. The Kier molecular flexibility index (Phi) is 7.58. The van der Waals surface area contributed by atoms with E-state index < -0.39 is 12.1 Å². The van der Waals surface area contributed by atoms with Crippen molar-refractivity contribution in [1.29, 1.82) is 0 Å². The third-order valence-electron chi connectivity index (χ3n) is 5.03. The maximum atomic E-state index is 13.1. The number of carbonyl (C=O) groups is 2. The second-order valence-electron chi connectivity index (χ2n) is 7.97. The third kappa shape index (κ3) is 6.05. The predicted octanol–water partition coefficient (Wildman–Crippen LogP) is 4.68. The lowest BCUT2D eigenvalue weighted by Crippen LogP contribution is -2.27. The number of hydrogen-bond acceptors (Lipinski definition) is 4. The summed E-state index contributed by atoms with van der Waals surface area (Å²) in [6.45, 7) is 4.70. The summed E-state index contributed by atoms with van der Waals surface area (Å²) < 4.78 is 35.8. The molecule has 0 saturated carbocycles. The van der Waals surface area contributed by atoms with E-state index in [0.29, 0.717) is 18.3 Å². The molecule has 0 aliphatic rings. The molecule has 35 heavy (non-hydrogen) atoms. The highest BCUT2D eigenvalue weighted by Gasteiger charge is 2.38. The Morgan fingerprint density at radius 2 is 1.77 bits per heavy atom. The van der Waals surface area contributed by atoms with Gasteiger partial charge in [0.1, 0.15) is 5.82 Å². The fourth-order valence-electron chi connectivity index (χ4n) is 3.25. The van der Waals surface area contributed by atoms with E-state index in [-0.39, 0.29) is 5.91 Å². The molecule has 4 aromatic heterocycles. The zero-order valence-corrected chi connectivity index (χ0v) is 19.3. The third-order valence-corrected chi connectivity index (χ3v) is 5.03. The Labute approximate surface area is 199 Å². The second-order valence-corrected chi connectivity index (χ2v) is 7.97. The van der Waals surface area contributed by atoms with Crippen molar-refractivity contribution in [2.24, 2.45) is 0 Å². The minimum absolute atomic E-state index is 0.121. The summed E-state index contributed by atoms with van der Waals surface area (Å²) in [6, 6.07) is 13.9. The van der Waals surface area contributed by atoms with E-state index >= 15 is 0 Å². The van der Waals surface area contributed by atoms with E-state index in [0.717, 1.165) is 22.6 Å². The number of pyridine rings is 2. The summed E-state index contributed by atoms with van der Waals surface area (Å²) in [5.74, 6) is -2.11. The predicted molar refractivity (Wildman–Crippen MR) is 123 cm³/mol. The van der Waals surface area contributed by atoms with Crippen molar-refractivity contribution in [3.8, 4) is 11.4 Å². The number of alkyl halides is 3. The SMILES string of the molecule is CC(C)n1ccc(-c2nc(C(=O)N(C)Cc3ccccn3)c3ccccn23)c1.O=C(O)C(F)(F)F. The molecule has 0 aliphatic carbocycles. The molecule has 0 spiro atoms. The highest BCUT2D eigenvalue weighted by molar-refractivity contribution is 5.99. The van der Waals surface area contributed by atoms with Gasteiger partial charge in [0.15, 0.2) is 5.69 Å². The lowest BCUT2D eigenvalue weighted by atomic mass is 10.3. The standard InChI is InChI=1S/C22H23N5O.C2HF3O2/c1-16(2)26-13-10-17(14-26)21-24-20(19-9-5-7-12-27(19)21)22(28)25(3)15-18-8-4-6-11-23-18;3-2(4,5)1(6)7/h4-14,16H,15H2,1-3H3;(H,6,7). The summed E-state index contributed by atoms with van der Waals surface area (Å²) in [4.78, 5) is 32.7. The average Bonchev–Trinajstić information content (AvgIpc) is 3.44. The first-order chi connectivity index (χ1) is 16.5. The molecule has 184 valence electrons. The van der Waals surface area contributed by atoms with Gasteiger partial charge >= 0.3 is 12.1 Å². The van der Waals surface area contributed by atoms with E-state index in [1.54, 1.807) is 18.1 Å². The van der Waals surface area contributed by atoms with Crippen molar-refractivity contribution >= 4 is 17.4 Å². The van der Waals surface area contributed by atoms with Crippen LogP contribution >= 0.6 is 0 Å². The smallest absolute Gasteiger partial charge is 0.475 e. The van der Waals surface area contributed by atoms with Crippen LogP contribution in [0, 0.1) is 0 Å². The van der Waals surface area contributed by atoms with Gasteiger partial charge in [-0.1, -0.05) is 12.1 Å². The van der Waals surface area contributed by atoms with Gasteiger partial charge in [-0.2, -0.15) is 13.2 Å². The Morgan fingerprint density at radius 3 is 2.34 bits per heavy atom. The van der Waals surface area contributed by atoms with Gasteiger partial charge in [-0.3, -0.25) is 14.2 Å². The molecule has 0 aromatic carbocycles. The Bertz CT molecular complexity index is 1310. The van der Waals surface area contributed by atoms with Crippen molar-refractivity contribution in [2.45, 2.75) is 32.6 Å². The van der Waals surface area contributed by atoms with Crippen LogP contribution in [0.5, 0.6) is 0 Å². The zero-order chi connectivity index (χ0) is 25.8. The molecule has 11 heteroatoms. The topological polar surface area (TPSA) is 92.7 Å². The molecule has 0 radical (unpaired) electrons. The van der Waals surface area contributed by atoms with Gasteiger partial charge in [-0.05, 0) is 44.2 Å². The number of fused-ring (bicyclic) bond motifs is 1. The van der Waals surface area contributed by atoms with Crippen LogP contribution in [0.3, 0.4) is 0 Å². The van der Waals surface area contributed by atoms with Gasteiger partial charge in [-0.25, -0.2) is 9.78 Å². The van der Waals surface area contributed by atoms with E-state index in [9.17, 15) is 18.0 Å². The maximum Gasteiger partial charge on any atom is 0.490 e. The number of amides is 1. The number of carboxylic acids is 1. The van der Waals surface area contributed by atoms with Crippen LogP contribution in [0.4, 0.5) is 13.2 Å². The molecule has 8 nitrogen and oxygen atoms in total. The zero-order valence-electron chi connectivity index (χ0n) is 19.3. The molecule has 0 unspecified atom stereocenters. The Balaban J connectivity index is 0.000000429. The normalized spacial score (nSPS) is 11.3. The summed E-state index contributed by atoms with van der Waals surface area (Å²) in [5.41, 5.74) is 3.08. The van der Waals surface area contributed by atoms with Gasteiger partial charge in [0.2, 0.25) is 0 Å². The lowest BCUT2D eigenvalue weighted by molar-refractivity contribution is -0.192. The van der Waals surface area contributed by atoms with Gasteiger partial charge in [0.05, 0.1) is 17.8 Å². The van der Waals surface area contributed by atoms with Crippen molar-refractivity contribution < 1.29 is 27.9 Å². The van der Waals surface area contributed by atoms with Crippen LogP contribution in [0.25, 0.3) is 16.9 Å². The number of nitrogens with zero attached hydrogens (tertiary/aromatic N) is 5. The summed E-state index contributed by atoms with van der Waals surface area (Å²) in [7, 11) is 1.78. The van der Waals surface area contributed by atoms with Crippen LogP contribution in [-0.4, -0.2) is 54.0 Å². The lowest BCUT2D eigenvalue weighted by Gasteiger charge is -2.15. The van der Waals surface area contributed by atoms with E-state index in [4.69, 9.17) is 14.9 Å². The summed E-state index contributed by atoms with van der Waals surface area (Å²) in [5, 5.41) is 7.12. The van der Waals surface area contributed by atoms with Crippen LogP contribution < -0.4 is 0 Å². The monoisotopic (exact) mass is 487 g/mol. The summed E-state index contributed by atoms with van der Waals surface area (Å²) in [6.07, 6.45) is 2.70. The van der Waals surface area contributed by atoms with E-state index in [1.165, 1.54) is 0 Å². The molecule has 1 amide bonds. The molecule has 4 rings (SSSR count). The molecule has 4 aromatic rings.